The zero-order chi connectivity index (χ0) is 18.0. The first-order valence-electron chi connectivity index (χ1n) is 8.46. The third-order valence-electron chi connectivity index (χ3n) is 4.41. The monoisotopic (exact) mass is 334 g/mol. The highest BCUT2D eigenvalue weighted by Crippen LogP contribution is 2.15. The molecule has 2 aromatic carbocycles. The van der Waals surface area contributed by atoms with Crippen molar-refractivity contribution < 1.29 is 4.79 Å². The SMILES string of the molecule is CCN(Cc1cc2ccc(C)cc2[nH]c1=O)C(=O)c1ccc(C)cc1. The summed E-state index contributed by atoms with van der Waals surface area (Å²) in [5.41, 5.74) is 4.12. The maximum Gasteiger partial charge on any atom is 0.254 e. The number of fused-ring (bicyclic) bond motifs is 1. The molecule has 0 bridgehead atoms. The molecule has 128 valence electrons. The van der Waals surface area contributed by atoms with Crippen molar-refractivity contribution >= 4 is 16.8 Å². The van der Waals surface area contributed by atoms with E-state index < -0.39 is 0 Å². The van der Waals surface area contributed by atoms with E-state index in [9.17, 15) is 9.59 Å². The fourth-order valence-electron chi connectivity index (χ4n) is 2.89. The fraction of sp³-hybridized carbons (Fsp3) is 0.238. The number of nitrogens with zero attached hydrogens (tertiary/aromatic N) is 1. The summed E-state index contributed by atoms with van der Waals surface area (Å²) in [7, 11) is 0. The molecule has 1 heterocycles. The van der Waals surface area contributed by atoms with Crippen LogP contribution in [0.5, 0.6) is 0 Å². The smallest absolute Gasteiger partial charge is 0.254 e. The summed E-state index contributed by atoms with van der Waals surface area (Å²) >= 11 is 0. The molecule has 0 saturated carbocycles. The maximum atomic E-state index is 12.7. The molecule has 0 aliphatic rings. The van der Waals surface area contributed by atoms with Crippen molar-refractivity contribution in [2.75, 3.05) is 6.54 Å². The van der Waals surface area contributed by atoms with Gasteiger partial charge in [-0.2, -0.15) is 0 Å². The van der Waals surface area contributed by atoms with E-state index in [2.05, 4.69) is 4.98 Å². The van der Waals surface area contributed by atoms with Crippen LogP contribution in [0.1, 0.15) is 34.0 Å². The normalized spacial score (nSPS) is 10.8. The van der Waals surface area contributed by atoms with Gasteiger partial charge >= 0.3 is 0 Å². The molecule has 4 heteroatoms. The van der Waals surface area contributed by atoms with Crippen LogP contribution >= 0.6 is 0 Å². The molecule has 0 radical (unpaired) electrons. The van der Waals surface area contributed by atoms with Crippen molar-refractivity contribution in [3.8, 4) is 0 Å². The highest BCUT2D eigenvalue weighted by molar-refractivity contribution is 5.94. The summed E-state index contributed by atoms with van der Waals surface area (Å²) < 4.78 is 0. The Morgan fingerprint density at radius 2 is 1.68 bits per heavy atom. The second-order valence-electron chi connectivity index (χ2n) is 6.40. The minimum absolute atomic E-state index is 0.0640. The first kappa shape index (κ1) is 17.0. The first-order valence-corrected chi connectivity index (χ1v) is 8.46. The minimum atomic E-state index is -0.145. The highest BCUT2D eigenvalue weighted by Gasteiger charge is 2.16. The summed E-state index contributed by atoms with van der Waals surface area (Å²) in [6.45, 7) is 6.73. The molecular formula is C21H22N2O2. The molecule has 3 rings (SSSR count). The summed E-state index contributed by atoms with van der Waals surface area (Å²) in [5, 5.41) is 0.971. The zero-order valence-electron chi connectivity index (χ0n) is 14.8. The second kappa shape index (κ2) is 6.93. The Morgan fingerprint density at radius 3 is 2.36 bits per heavy atom. The number of aromatic nitrogens is 1. The van der Waals surface area contributed by atoms with E-state index in [1.807, 2.05) is 69.3 Å². The van der Waals surface area contributed by atoms with Crippen LogP contribution in [-0.2, 0) is 6.54 Å². The van der Waals surface area contributed by atoms with Gasteiger partial charge in [-0.25, -0.2) is 0 Å². The molecule has 0 spiro atoms. The van der Waals surface area contributed by atoms with Crippen molar-refractivity contribution in [1.82, 2.24) is 9.88 Å². The predicted octanol–water partition coefficient (Wildman–Crippen LogP) is 3.81. The van der Waals surface area contributed by atoms with Gasteiger partial charge in [0.1, 0.15) is 0 Å². The lowest BCUT2D eigenvalue weighted by Gasteiger charge is -2.21. The fourth-order valence-corrected chi connectivity index (χ4v) is 2.89. The number of pyridine rings is 1. The van der Waals surface area contributed by atoms with E-state index in [-0.39, 0.29) is 11.5 Å². The van der Waals surface area contributed by atoms with Crippen molar-refractivity contribution in [2.24, 2.45) is 0 Å². The molecule has 1 aromatic heterocycles. The summed E-state index contributed by atoms with van der Waals surface area (Å²) in [4.78, 5) is 29.7. The molecule has 4 nitrogen and oxygen atoms in total. The van der Waals surface area contributed by atoms with Crippen LogP contribution in [0.2, 0.25) is 0 Å². The maximum absolute atomic E-state index is 12.7. The van der Waals surface area contributed by atoms with E-state index in [1.54, 1.807) is 4.90 Å². The van der Waals surface area contributed by atoms with Gasteiger partial charge in [0.05, 0.1) is 6.54 Å². The van der Waals surface area contributed by atoms with Crippen molar-refractivity contribution in [2.45, 2.75) is 27.3 Å². The lowest BCUT2D eigenvalue weighted by atomic mass is 10.1. The summed E-state index contributed by atoms with van der Waals surface area (Å²) in [5.74, 6) is -0.0640. The van der Waals surface area contributed by atoms with Gasteiger partial charge in [-0.15, -0.1) is 0 Å². The quantitative estimate of drug-likeness (QED) is 0.789. The second-order valence-corrected chi connectivity index (χ2v) is 6.40. The van der Waals surface area contributed by atoms with Crippen LogP contribution in [0, 0.1) is 13.8 Å². The zero-order valence-corrected chi connectivity index (χ0v) is 14.8. The molecule has 0 saturated heterocycles. The van der Waals surface area contributed by atoms with Crippen molar-refractivity contribution in [3.63, 3.8) is 0 Å². The predicted molar refractivity (Wildman–Crippen MR) is 101 cm³/mol. The summed E-state index contributed by atoms with van der Waals surface area (Å²) in [6, 6.07) is 15.3. The number of aromatic amines is 1. The topological polar surface area (TPSA) is 53.2 Å². The Bertz CT molecular complexity index is 971. The molecule has 1 amide bonds. The number of amides is 1. The number of hydrogen-bond donors (Lipinski definition) is 1. The van der Waals surface area contributed by atoms with Gasteiger partial charge in [-0.3, -0.25) is 9.59 Å². The van der Waals surface area contributed by atoms with Gasteiger partial charge in [0.25, 0.3) is 11.5 Å². The van der Waals surface area contributed by atoms with Crippen LogP contribution in [0.3, 0.4) is 0 Å². The number of carbonyl (C=O) groups is 1. The number of aryl methyl sites for hydroxylation is 2. The molecule has 3 aromatic rings. The number of rotatable bonds is 4. The lowest BCUT2D eigenvalue weighted by Crippen LogP contribution is -2.32. The number of H-pyrrole nitrogens is 1. The Morgan fingerprint density at radius 1 is 1.00 bits per heavy atom. The molecule has 0 aliphatic heterocycles. The Balaban J connectivity index is 1.91. The standard InChI is InChI=1S/C21H22N2O2/c1-4-23(21(25)16-8-5-14(2)6-9-16)13-18-12-17-10-7-15(3)11-19(17)22-20(18)24/h5-12H,4,13H2,1-3H3,(H,22,24). The van der Waals surface area contributed by atoms with E-state index in [0.29, 0.717) is 24.2 Å². The van der Waals surface area contributed by atoms with Gasteiger partial charge in [-0.1, -0.05) is 29.8 Å². The Labute approximate surface area is 147 Å². The Kier molecular flexibility index (Phi) is 4.70. The highest BCUT2D eigenvalue weighted by atomic mass is 16.2. The van der Waals surface area contributed by atoms with Crippen molar-refractivity contribution in [3.05, 3.63) is 81.1 Å². The van der Waals surface area contributed by atoms with Crippen LogP contribution < -0.4 is 5.56 Å². The van der Waals surface area contributed by atoms with Gasteiger partial charge < -0.3 is 9.88 Å². The van der Waals surface area contributed by atoms with Crippen molar-refractivity contribution in [1.29, 1.82) is 0 Å². The molecule has 25 heavy (non-hydrogen) atoms. The molecule has 0 unspecified atom stereocenters. The third kappa shape index (κ3) is 3.63. The summed E-state index contributed by atoms with van der Waals surface area (Å²) in [6.07, 6.45) is 0. The van der Waals surface area contributed by atoms with E-state index in [1.165, 1.54) is 0 Å². The molecule has 1 N–H and O–H groups in total. The van der Waals surface area contributed by atoms with Gasteiger partial charge in [0.15, 0.2) is 0 Å². The number of carbonyl (C=O) groups excluding carboxylic acids is 1. The molecule has 0 fully saturated rings. The minimum Gasteiger partial charge on any atom is -0.334 e. The molecular weight excluding hydrogens is 312 g/mol. The number of hydrogen-bond acceptors (Lipinski definition) is 2. The van der Waals surface area contributed by atoms with E-state index in [0.717, 1.165) is 22.0 Å². The molecule has 0 atom stereocenters. The lowest BCUT2D eigenvalue weighted by molar-refractivity contribution is 0.0752. The third-order valence-corrected chi connectivity index (χ3v) is 4.41. The van der Waals surface area contributed by atoms with Crippen LogP contribution in [0.15, 0.2) is 53.3 Å². The van der Waals surface area contributed by atoms with Crippen LogP contribution in [0.25, 0.3) is 10.9 Å². The van der Waals surface area contributed by atoms with E-state index >= 15 is 0 Å². The average Bonchev–Trinajstić information content (AvgIpc) is 2.60. The van der Waals surface area contributed by atoms with Gasteiger partial charge in [0, 0.05) is 23.2 Å². The number of nitrogens with one attached hydrogen (secondary N) is 1. The average molecular weight is 334 g/mol. The van der Waals surface area contributed by atoms with Gasteiger partial charge in [0.2, 0.25) is 0 Å². The first-order chi connectivity index (χ1) is 12.0. The van der Waals surface area contributed by atoms with Crippen LogP contribution in [-0.4, -0.2) is 22.3 Å². The number of benzene rings is 2. The molecule has 0 aliphatic carbocycles. The van der Waals surface area contributed by atoms with Crippen LogP contribution in [0.4, 0.5) is 0 Å². The van der Waals surface area contributed by atoms with E-state index in [4.69, 9.17) is 0 Å². The Hall–Kier alpha value is -2.88. The van der Waals surface area contributed by atoms with Gasteiger partial charge in [-0.05, 0) is 56.0 Å². The largest absolute Gasteiger partial charge is 0.334 e.